The third kappa shape index (κ3) is 2.01. The minimum Gasteiger partial charge on any atom is -0.384 e. The van der Waals surface area contributed by atoms with Gasteiger partial charge in [-0.1, -0.05) is 0 Å². The summed E-state index contributed by atoms with van der Waals surface area (Å²) in [5.41, 5.74) is 6.18. The molecule has 2 rings (SSSR count). The van der Waals surface area contributed by atoms with Crippen LogP contribution in [0.15, 0.2) is 6.07 Å². The molecule has 16 heavy (non-hydrogen) atoms. The van der Waals surface area contributed by atoms with Gasteiger partial charge < -0.3 is 15.2 Å². The van der Waals surface area contributed by atoms with Gasteiger partial charge in [0.25, 0.3) is 0 Å². The van der Waals surface area contributed by atoms with Crippen molar-refractivity contribution in [2.75, 3.05) is 26.1 Å². The van der Waals surface area contributed by atoms with Gasteiger partial charge in [0.2, 0.25) is 0 Å². The van der Waals surface area contributed by atoms with Crippen molar-refractivity contribution in [2.24, 2.45) is 0 Å². The van der Waals surface area contributed by atoms with Gasteiger partial charge in [0, 0.05) is 44.9 Å². The van der Waals surface area contributed by atoms with Gasteiger partial charge >= 0.3 is 0 Å². The van der Waals surface area contributed by atoms with E-state index in [4.69, 9.17) is 15.2 Å². The van der Waals surface area contributed by atoms with Crippen LogP contribution in [0.1, 0.15) is 24.4 Å². The Kier molecular flexibility index (Phi) is 3.07. The van der Waals surface area contributed by atoms with E-state index in [2.05, 4.69) is 9.97 Å². The Bertz CT molecular complexity index is 355. The third-order valence-corrected chi connectivity index (χ3v) is 2.97. The zero-order valence-electron chi connectivity index (χ0n) is 9.69. The van der Waals surface area contributed by atoms with Crippen LogP contribution >= 0.6 is 0 Å². The molecule has 0 unspecified atom stereocenters. The Hall–Kier alpha value is -1.20. The zero-order chi connectivity index (χ0) is 11.6. The number of aryl methyl sites for hydroxylation is 1. The molecule has 5 heteroatoms. The Balaban J connectivity index is 2.38. The topological polar surface area (TPSA) is 70.3 Å². The first-order valence-corrected chi connectivity index (χ1v) is 5.41. The van der Waals surface area contributed by atoms with Gasteiger partial charge in [-0.05, 0) is 6.92 Å². The number of hydrogen-bond donors (Lipinski definition) is 1. The highest BCUT2D eigenvalue weighted by molar-refractivity contribution is 5.30. The quantitative estimate of drug-likeness (QED) is 0.810. The van der Waals surface area contributed by atoms with Crippen LogP contribution in [0.25, 0.3) is 0 Å². The fourth-order valence-electron chi connectivity index (χ4n) is 2.02. The predicted octanol–water partition coefficient (Wildman–Crippen LogP) is 1.02. The van der Waals surface area contributed by atoms with Gasteiger partial charge in [0.15, 0.2) is 5.82 Å². The molecule has 0 amide bonds. The SMILES string of the molecule is COC1(c2nc(C)cc(N)n2)CCOCC1. The van der Waals surface area contributed by atoms with Crippen LogP contribution in [-0.4, -0.2) is 30.3 Å². The predicted molar refractivity (Wildman–Crippen MR) is 59.9 cm³/mol. The average Bonchev–Trinajstić information content (AvgIpc) is 2.28. The lowest BCUT2D eigenvalue weighted by Crippen LogP contribution is -2.37. The van der Waals surface area contributed by atoms with Crippen LogP contribution < -0.4 is 5.73 Å². The van der Waals surface area contributed by atoms with E-state index in [0.717, 1.165) is 18.5 Å². The molecule has 88 valence electrons. The van der Waals surface area contributed by atoms with Crippen molar-refractivity contribution in [1.82, 2.24) is 9.97 Å². The number of nitrogens with zero attached hydrogens (tertiary/aromatic N) is 2. The molecule has 5 nitrogen and oxygen atoms in total. The molecule has 1 fully saturated rings. The van der Waals surface area contributed by atoms with E-state index < -0.39 is 5.60 Å². The van der Waals surface area contributed by atoms with Crippen molar-refractivity contribution in [3.05, 3.63) is 17.6 Å². The molecule has 2 heterocycles. The first-order valence-electron chi connectivity index (χ1n) is 5.41. The molecule has 0 bridgehead atoms. The molecule has 0 atom stereocenters. The number of anilines is 1. The van der Waals surface area contributed by atoms with Crippen LogP contribution in [0.2, 0.25) is 0 Å². The van der Waals surface area contributed by atoms with Crippen LogP contribution in [0.5, 0.6) is 0 Å². The van der Waals surface area contributed by atoms with Crippen molar-refractivity contribution in [3.8, 4) is 0 Å². The molecule has 0 aliphatic carbocycles. The molecule has 0 aromatic carbocycles. The summed E-state index contributed by atoms with van der Waals surface area (Å²) in [6.07, 6.45) is 1.54. The maximum absolute atomic E-state index is 5.74. The first kappa shape index (κ1) is 11.3. The van der Waals surface area contributed by atoms with Crippen LogP contribution in [-0.2, 0) is 15.1 Å². The summed E-state index contributed by atoms with van der Waals surface area (Å²) in [6.45, 7) is 3.25. The van der Waals surface area contributed by atoms with Crippen molar-refractivity contribution in [3.63, 3.8) is 0 Å². The summed E-state index contributed by atoms with van der Waals surface area (Å²) in [7, 11) is 1.69. The average molecular weight is 223 g/mol. The molecule has 0 saturated carbocycles. The molecule has 1 saturated heterocycles. The normalized spacial score (nSPS) is 19.6. The summed E-state index contributed by atoms with van der Waals surface area (Å²) >= 11 is 0. The molecule has 0 spiro atoms. The second kappa shape index (κ2) is 4.35. The number of nitrogens with two attached hydrogens (primary N) is 1. The number of nitrogen functional groups attached to an aromatic ring is 1. The summed E-state index contributed by atoms with van der Waals surface area (Å²) in [6, 6.07) is 1.76. The van der Waals surface area contributed by atoms with E-state index in [0.29, 0.717) is 24.9 Å². The lowest BCUT2D eigenvalue weighted by atomic mass is 9.93. The number of rotatable bonds is 2. The van der Waals surface area contributed by atoms with E-state index >= 15 is 0 Å². The maximum Gasteiger partial charge on any atom is 0.163 e. The molecule has 1 aliphatic rings. The first-order chi connectivity index (χ1) is 7.66. The fourth-order valence-corrected chi connectivity index (χ4v) is 2.02. The highest BCUT2D eigenvalue weighted by atomic mass is 16.5. The molecule has 1 aromatic rings. The van der Waals surface area contributed by atoms with Gasteiger partial charge in [0.1, 0.15) is 11.4 Å². The second-order valence-electron chi connectivity index (χ2n) is 4.07. The number of hydrogen-bond acceptors (Lipinski definition) is 5. The van der Waals surface area contributed by atoms with Gasteiger partial charge in [0.05, 0.1) is 0 Å². The van der Waals surface area contributed by atoms with E-state index in [-0.39, 0.29) is 0 Å². The molecule has 1 aliphatic heterocycles. The van der Waals surface area contributed by atoms with Crippen molar-refractivity contribution < 1.29 is 9.47 Å². The number of ether oxygens (including phenoxy) is 2. The lowest BCUT2D eigenvalue weighted by molar-refractivity contribution is -0.1000. The van der Waals surface area contributed by atoms with Crippen molar-refractivity contribution in [1.29, 1.82) is 0 Å². The van der Waals surface area contributed by atoms with E-state index in [9.17, 15) is 0 Å². The second-order valence-corrected chi connectivity index (χ2v) is 4.07. The fraction of sp³-hybridized carbons (Fsp3) is 0.636. The highest BCUT2D eigenvalue weighted by Gasteiger charge is 2.37. The molecular formula is C11H17N3O2. The minimum atomic E-state index is -0.432. The van der Waals surface area contributed by atoms with E-state index in [1.807, 2.05) is 6.92 Å². The minimum absolute atomic E-state index is 0.432. The Morgan fingerprint density at radius 3 is 2.62 bits per heavy atom. The Morgan fingerprint density at radius 2 is 2.06 bits per heavy atom. The lowest BCUT2D eigenvalue weighted by Gasteiger charge is -2.34. The van der Waals surface area contributed by atoms with Crippen LogP contribution in [0.3, 0.4) is 0 Å². The summed E-state index contributed by atoms with van der Waals surface area (Å²) < 4.78 is 11.0. The van der Waals surface area contributed by atoms with Gasteiger partial charge in [-0.2, -0.15) is 0 Å². The van der Waals surface area contributed by atoms with Gasteiger partial charge in [-0.25, -0.2) is 9.97 Å². The monoisotopic (exact) mass is 223 g/mol. The summed E-state index contributed by atoms with van der Waals surface area (Å²) in [4.78, 5) is 8.72. The largest absolute Gasteiger partial charge is 0.384 e. The number of aromatic nitrogens is 2. The third-order valence-electron chi connectivity index (χ3n) is 2.97. The highest BCUT2D eigenvalue weighted by Crippen LogP contribution is 2.33. The molecular weight excluding hydrogens is 206 g/mol. The van der Waals surface area contributed by atoms with Crippen molar-refractivity contribution in [2.45, 2.75) is 25.4 Å². The van der Waals surface area contributed by atoms with E-state index in [1.165, 1.54) is 0 Å². The van der Waals surface area contributed by atoms with Crippen LogP contribution in [0, 0.1) is 6.92 Å². The summed E-state index contributed by atoms with van der Waals surface area (Å²) in [5.74, 6) is 1.17. The van der Waals surface area contributed by atoms with E-state index in [1.54, 1.807) is 13.2 Å². The molecule has 1 aromatic heterocycles. The Morgan fingerprint density at radius 1 is 1.38 bits per heavy atom. The maximum atomic E-state index is 5.74. The van der Waals surface area contributed by atoms with Crippen LogP contribution in [0.4, 0.5) is 5.82 Å². The smallest absolute Gasteiger partial charge is 0.163 e. The van der Waals surface area contributed by atoms with Crippen molar-refractivity contribution >= 4 is 5.82 Å². The van der Waals surface area contributed by atoms with Gasteiger partial charge in [-0.3, -0.25) is 0 Å². The summed E-state index contributed by atoms with van der Waals surface area (Å²) in [5, 5.41) is 0. The molecule has 2 N–H and O–H groups in total. The number of methoxy groups -OCH3 is 1. The standard InChI is InChI=1S/C11H17N3O2/c1-8-7-9(12)14-10(13-8)11(15-2)3-5-16-6-4-11/h7H,3-6H2,1-2H3,(H2,12,13,14). The molecule has 0 radical (unpaired) electrons. The zero-order valence-corrected chi connectivity index (χ0v) is 9.69. The van der Waals surface area contributed by atoms with Gasteiger partial charge in [-0.15, -0.1) is 0 Å². The Labute approximate surface area is 95.0 Å².